The summed E-state index contributed by atoms with van der Waals surface area (Å²) >= 11 is 0. The number of morpholine rings is 1. The Morgan fingerprint density at radius 3 is 2.68 bits per heavy atom. The molecule has 0 bridgehead atoms. The third kappa shape index (κ3) is 3.40. The maximum Gasteiger partial charge on any atom is 0.264 e. The number of aryl methyl sites for hydroxylation is 1. The number of hydrogen-bond donors (Lipinski definition) is 0. The van der Waals surface area contributed by atoms with E-state index >= 15 is 0 Å². The first-order valence-electron chi connectivity index (χ1n) is 7.74. The first-order valence-corrected chi connectivity index (χ1v) is 7.74. The second kappa shape index (κ2) is 7.28. The lowest BCUT2D eigenvalue weighted by molar-refractivity contribution is -0.130. The van der Waals surface area contributed by atoms with Crippen LogP contribution in [0.15, 0.2) is 11.6 Å². The largest absolute Gasteiger partial charge is 0.378 e. The molecule has 1 saturated heterocycles. The molecule has 0 radical (unpaired) electrons. The van der Waals surface area contributed by atoms with Gasteiger partial charge < -0.3 is 14.2 Å². The number of rotatable bonds is 4. The van der Waals surface area contributed by atoms with Crippen molar-refractivity contribution in [3.63, 3.8) is 0 Å². The molecule has 0 saturated carbocycles. The number of nitriles is 1. The molecule has 0 aliphatic carbocycles. The Bertz CT molecular complexity index is 617. The van der Waals surface area contributed by atoms with Gasteiger partial charge in [0.05, 0.1) is 13.2 Å². The Hall–Kier alpha value is -2.06. The maximum absolute atomic E-state index is 12.4. The monoisotopic (exact) mass is 301 g/mol. The smallest absolute Gasteiger partial charge is 0.264 e. The molecule has 2 rings (SSSR count). The summed E-state index contributed by atoms with van der Waals surface area (Å²) in [6, 6.07) is 4.09. The summed E-state index contributed by atoms with van der Waals surface area (Å²) in [5.74, 6) is -0.203. The number of aromatic nitrogens is 1. The molecule has 0 N–H and O–H groups in total. The maximum atomic E-state index is 12.4. The molecular weight excluding hydrogens is 278 g/mol. The molecule has 1 aromatic heterocycles. The van der Waals surface area contributed by atoms with E-state index in [0.717, 1.165) is 29.9 Å². The van der Waals surface area contributed by atoms with E-state index in [4.69, 9.17) is 4.74 Å². The van der Waals surface area contributed by atoms with Crippen LogP contribution in [-0.4, -0.2) is 41.7 Å². The fourth-order valence-corrected chi connectivity index (χ4v) is 2.78. The van der Waals surface area contributed by atoms with Gasteiger partial charge in [0.2, 0.25) is 0 Å². The van der Waals surface area contributed by atoms with Crippen molar-refractivity contribution in [2.24, 2.45) is 0 Å². The van der Waals surface area contributed by atoms with Gasteiger partial charge in [-0.05, 0) is 38.0 Å². The highest BCUT2D eigenvalue weighted by atomic mass is 16.5. The summed E-state index contributed by atoms with van der Waals surface area (Å²) in [4.78, 5) is 14.1. The summed E-state index contributed by atoms with van der Waals surface area (Å²) in [5, 5.41) is 9.35. The van der Waals surface area contributed by atoms with Gasteiger partial charge in [-0.15, -0.1) is 0 Å². The fraction of sp³-hybridized carbons (Fsp3) is 0.529. The number of carbonyl (C=O) groups excluding carboxylic acids is 1. The van der Waals surface area contributed by atoms with E-state index in [1.54, 1.807) is 11.0 Å². The third-order valence-corrected chi connectivity index (χ3v) is 4.01. The van der Waals surface area contributed by atoms with Crippen molar-refractivity contribution in [3.05, 3.63) is 28.6 Å². The van der Waals surface area contributed by atoms with Crippen molar-refractivity contribution in [3.8, 4) is 6.07 Å². The minimum atomic E-state index is -0.203. The second-order valence-corrected chi connectivity index (χ2v) is 5.55. The van der Waals surface area contributed by atoms with Crippen LogP contribution in [0.3, 0.4) is 0 Å². The molecule has 0 atom stereocenters. The van der Waals surface area contributed by atoms with Crippen LogP contribution in [0, 0.1) is 25.2 Å². The summed E-state index contributed by atoms with van der Waals surface area (Å²) in [6.45, 7) is 9.34. The molecule has 118 valence electrons. The molecule has 0 unspecified atom stereocenters. The number of hydrogen-bond acceptors (Lipinski definition) is 3. The first kappa shape index (κ1) is 16.3. The molecule has 22 heavy (non-hydrogen) atoms. The first-order chi connectivity index (χ1) is 10.6. The Morgan fingerprint density at radius 1 is 1.41 bits per heavy atom. The lowest BCUT2D eigenvalue weighted by Gasteiger charge is -2.26. The predicted octanol–water partition coefficient (Wildman–Crippen LogP) is 2.28. The van der Waals surface area contributed by atoms with E-state index in [2.05, 4.69) is 24.5 Å². The highest BCUT2D eigenvalue weighted by molar-refractivity contribution is 6.01. The average Bonchev–Trinajstić information content (AvgIpc) is 2.80. The molecule has 2 heterocycles. The van der Waals surface area contributed by atoms with Crippen molar-refractivity contribution in [2.75, 3.05) is 26.3 Å². The number of nitrogens with zero attached hydrogens (tertiary/aromatic N) is 3. The Morgan fingerprint density at radius 2 is 2.09 bits per heavy atom. The van der Waals surface area contributed by atoms with Crippen molar-refractivity contribution in [2.45, 2.75) is 33.7 Å². The summed E-state index contributed by atoms with van der Waals surface area (Å²) < 4.78 is 7.47. The van der Waals surface area contributed by atoms with Crippen LogP contribution < -0.4 is 0 Å². The fourth-order valence-electron chi connectivity index (χ4n) is 2.78. The van der Waals surface area contributed by atoms with Gasteiger partial charge in [-0.1, -0.05) is 6.92 Å². The van der Waals surface area contributed by atoms with Crippen molar-refractivity contribution >= 4 is 12.0 Å². The average molecular weight is 301 g/mol. The molecule has 5 nitrogen and oxygen atoms in total. The van der Waals surface area contributed by atoms with Crippen molar-refractivity contribution in [1.82, 2.24) is 9.47 Å². The zero-order valence-corrected chi connectivity index (χ0v) is 13.6. The van der Waals surface area contributed by atoms with Crippen LogP contribution in [0.4, 0.5) is 0 Å². The van der Waals surface area contributed by atoms with Crippen LogP contribution >= 0.6 is 0 Å². The molecular formula is C17H23N3O2. The van der Waals surface area contributed by atoms with Crippen molar-refractivity contribution in [1.29, 1.82) is 5.26 Å². The highest BCUT2D eigenvalue weighted by Crippen LogP contribution is 2.19. The zero-order chi connectivity index (χ0) is 16.1. The van der Waals surface area contributed by atoms with Gasteiger partial charge in [-0.2, -0.15) is 5.26 Å². The molecule has 1 aromatic rings. The molecule has 1 aliphatic rings. The quantitative estimate of drug-likeness (QED) is 0.633. The van der Waals surface area contributed by atoms with Gasteiger partial charge in [0.1, 0.15) is 11.6 Å². The Kier molecular flexibility index (Phi) is 5.40. The number of carbonyl (C=O) groups is 1. The summed E-state index contributed by atoms with van der Waals surface area (Å²) in [5.41, 5.74) is 3.39. The third-order valence-electron chi connectivity index (χ3n) is 4.01. The molecule has 1 fully saturated rings. The highest BCUT2D eigenvalue weighted by Gasteiger charge is 2.21. The zero-order valence-electron chi connectivity index (χ0n) is 13.6. The molecule has 1 aliphatic heterocycles. The van der Waals surface area contributed by atoms with Crippen LogP contribution in [0.1, 0.15) is 30.3 Å². The van der Waals surface area contributed by atoms with E-state index in [1.165, 1.54) is 0 Å². The van der Waals surface area contributed by atoms with Gasteiger partial charge in [-0.25, -0.2) is 0 Å². The molecule has 5 heteroatoms. The van der Waals surface area contributed by atoms with Gasteiger partial charge >= 0.3 is 0 Å². The van der Waals surface area contributed by atoms with Crippen LogP contribution in [0.5, 0.6) is 0 Å². The minimum absolute atomic E-state index is 0.193. The van der Waals surface area contributed by atoms with E-state index in [-0.39, 0.29) is 11.5 Å². The van der Waals surface area contributed by atoms with Gasteiger partial charge in [0.15, 0.2) is 0 Å². The SMILES string of the molecule is CCCn1c(C)cc(/C=C(/C#N)C(=O)N2CCOCC2)c1C. The van der Waals surface area contributed by atoms with E-state index in [0.29, 0.717) is 26.3 Å². The molecule has 0 aromatic carbocycles. The van der Waals surface area contributed by atoms with Gasteiger partial charge in [-0.3, -0.25) is 4.79 Å². The Labute approximate surface area is 131 Å². The van der Waals surface area contributed by atoms with Crippen LogP contribution in [0.2, 0.25) is 0 Å². The lowest BCUT2D eigenvalue weighted by Crippen LogP contribution is -2.41. The predicted molar refractivity (Wildman–Crippen MR) is 85.2 cm³/mol. The lowest BCUT2D eigenvalue weighted by atomic mass is 10.1. The minimum Gasteiger partial charge on any atom is -0.378 e. The van der Waals surface area contributed by atoms with E-state index in [9.17, 15) is 10.1 Å². The normalized spacial score (nSPS) is 15.7. The van der Waals surface area contributed by atoms with E-state index < -0.39 is 0 Å². The van der Waals surface area contributed by atoms with Gasteiger partial charge in [0.25, 0.3) is 5.91 Å². The number of amides is 1. The summed E-state index contributed by atoms with van der Waals surface area (Å²) in [7, 11) is 0. The van der Waals surface area contributed by atoms with Crippen molar-refractivity contribution < 1.29 is 9.53 Å². The van der Waals surface area contributed by atoms with Gasteiger partial charge in [0, 0.05) is 31.0 Å². The molecule has 0 spiro atoms. The van der Waals surface area contributed by atoms with E-state index in [1.807, 2.05) is 13.0 Å². The standard InChI is InChI=1S/C17H23N3O2/c1-4-5-20-13(2)10-15(14(20)3)11-16(12-18)17(21)19-6-8-22-9-7-19/h10-11H,4-9H2,1-3H3/b16-11-. The summed E-state index contributed by atoms with van der Waals surface area (Å²) in [6.07, 6.45) is 2.77. The Balaban J connectivity index is 2.27. The topological polar surface area (TPSA) is 58.3 Å². The number of ether oxygens (including phenoxy) is 1. The van der Waals surface area contributed by atoms with Crippen LogP contribution in [0.25, 0.3) is 6.08 Å². The second-order valence-electron chi connectivity index (χ2n) is 5.55. The van der Waals surface area contributed by atoms with Crippen LogP contribution in [-0.2, 0) is 16.1 Å². The molecule has 1 amide bonds.